The molecule has 0 radical (unpaired) electrons. The number of benzene rings is 1. The molecule has 0 aromatic heterocycles. The molecule has 112 valence electrons. The van der Waals surface area contributed by atoms with Crippen LogP contribution < -0.4 is 0 Å². The molecule has 1 spiro atoms. The second-order valence-electron chi connectivity index (χ2n) is 6.27. The maximum atomic E-state index is 12.5. The maximum absolute atomic E-state index is 12.5. The molecule has 21 heavy (non-hydrogen) atoms. The summed E-state index contributed by atoms with van der Waals surface area (Å²) >= 11 is 0. The van der Waals surface area contributed by atoms with Crippen molar-refractivity contribution in [3.63, 3.8) is 0 Å². The highest BCUT2D eigenvalue weighted by atomic mass is 16.6. The summed E-state index contributed by atoms with van der Waals surface area (Å²) in [6.07, 6.45) is 2.20. The lowest BCUT2D eigenvalue weighted by molar-refractivity contribution is -0.384. The number of nitrogens with zero attached hydrogens (tertiary/aromatic N) is 3. The molecule has 0 bridgehead atoms. The van der Waals surface area contributed by atoms with Gasteiger partial charge in [0, 0.05) is 42.7 Å². The lowest BCUT2D eigenvalue weighted by atomic mass is 9.86. The minimum atomic E-state index is -0.451. The molecule has 1 amide bonds. The molecule has 0 N–H and O–H groups in total. The summed E-state index contributed by atoms with van der Waals surface area (Å²) in [6, 6.07) is 5.88. The Morgan fingerprint density at radius 1 is 1.19 bits per heavy atom. The van der Waals surface area contributed by atoms with Crippen LogP contribution in [0.1, 0.15) is 23.2 Å². The summed E-state index contributed by atoms with van der Waals surface area (Å²) in [5.74, 6) is -0.0173. The topological polar surface area (TPSA) is 66.7 Å². The van der Waals surface area contributed by atoms with Gasteiger partial charge in [-0.3, -0.25) is 14.9 Å². The molecule has 2 heterocycles. The largest absolute Gasteiger partial charge is 0.338 e. The second kappa shape index (κ2) is 5.11. The Morgan fingerprint density at radius 2 is 1.86 bits per heavy atom. The fourth-order valence-electron chi connectivity index (χ4n) is 3.51. The molecule has 6 nitrogen and oxygen atoms in total. The SMILES string of the molecule is CN1CCC2(CCN(C(=O)c3ccc([N+](=O)[O-])cc3)C2)C1. The summed E-state index contributed by atoms with van der Waals surface area (Å²) in [6.45, 7) is 3.73. The number of carbonyl (C=O) groups excluding carboxylic acids is 1. The molecule has 1 unspecified atom stereocenters. The Balaban J connectivity index is 1.70. The van der Waals surface area contributed by atoms with Crippen LogP contribution >= 0.6 is 0 Å². The number of carbonyl (C=O) groups is 1. The van der Waals surface area contributed by atoms with Crippen LogP contribution in [0.2, 0.25) is 0 Å². The van der Waals surface area contributed by atoms with Crippen molar-refractivity contribution >= 4 is 11.6 Å². The first-order valence-corrected chi connectivity index (χ1v) is 7.21. The van der Waals surface area contributed by atoms with Gasteiger partial charge in [0.05, 0.1) is 4.92 Å². The standard InChI is InChI=1S/C15H19N3O3/c1-16-8-6-15(10-16)7-9-17(11-15)14(19)12-2-4-13(5-3-12)18(20)21/h2-5H,6-11H2,1H3. The van der Waals surface area contributed by atoms with E-state index in [0.29, 0.717) is 5.56 Å². The van der Waals surface area contributed by atoms with E-state index in [1.165, 1.54) is 12.1 Å². The predicted molar refractivity (Wildman–Crippen MR) is 78.2 cm³/mol. The third-order valence-corrected chi connectivity index (χ3v) is 4.68. The van der Waals surface area contributed by atoms with E-state index in [4.69, 9.17) is 0 Å². The lowest BCUT2D eigenvalue weighted by Gasteiger charge is -2.23. The van der Waals surface area contributed by atoms with Crippen molar-refractivity contribution < 1.29 is 9.72 Å². The van der Waals surface area contributed by atoms with Crippen molar-refractivity contribution in [1.29, 1.82) is 0 Å². The average molecular weight is 289 g/mol. The summed E-state index contributed by atoms with van der Waals surface area (Å²) in [5, 5.41) is 10.6. The Bertz CT molecular complexity index is 572. The van der Waals surface area contributed by atoms with Gasteiger partial charge in [0.25, 0.3) is 11.6 Å². The van der Waals surface area contributed by atoms with Gasteiger partial charge in [0.1, 0.15) is 0 Å². The zero-order valence-corrected chi connectivity index (χ0v) is 12.1. The number of nitro benzene ring substituents is 1. The van der Waals surface area contributed by atoms with E-state index in [1.54, 1.807) is 12.1 Å². The van der Waals surface area contributed by atoms with Gasteiger partial charge in [-0.05, 0) is 38.6 Å². The van der Waals surface area contributed by atoms with Crippen molar-refractivity contribution in [3.8, 4) is 0 Å². The van der Waals surface area contributed by atoms with E-state index in [1.807, 2.05) is 4.90 Å². The van der Waals surface area contributed by atoms with E-state index in [9.17, 15) is 14.9 Å². The zero-order chi connectivity index (χ0) is 15.0. The quantitative estimate of drug-likeness (QED) is 0.614. The van der Waals surface area contributed by atoms with E-state index in [2.05, 4.69) is 11.9 Å². The summed E-state index contributed by atoms with van der Waals surface area (Å²) in [4.78, 5) is 26.9. The third-order valence-electron chi connectivity index (χ3n) is 4.68. The fourth-order valence-corrected chi connectivity index (χ4v) is 3.51. The fraction of sp³-hybridized carbons (Fsp3) is 0.533. The van der Waals surface area contributed by atoms with Crippen molar-refractivity contribution in [2.45, 2.75) is 12.8 Å². The van der Waals surface area contributed by atoms with Crippen molar-refractivity contribution in [2.24, 2.45) is 5.41 Å². The van der Waals surface area contributed by atoms with Gasteiger partial charge in [-0.2, -0.15) is 0 Å². The van der Waals surface area contributed by atoms with E-state index in [0.717, 1.165) is 39.0 Å². The molecule has 1 atom stereocenters. The van der Waals surface area contributed by atoms with Crippen LogP contribution in [-0.2, 0) is 0 Å². The van der Waals surface area contributed by atoms with Crippen LogP contribution in [0, 0.1) is 15.5 Å². The highest BCUT2D eigenvalue weighted by Gasteiger charge is 2.43. The monoisotopic (exact) mass is 289 g/mol. The Labute approximate surface area is 123 Å². The zero-order valence-electron chi connectivity index (χ0n) is 12.1. The molecular formula is C15H19N3O3. The van der Waals surface area contributed by atoms with Gasteiger partial charge in [-0.15, -0.1) is 0 Å². The number of likely N-dealkylation sites (tertiary alicyclic amines) is 2. The highest BCUT2D eigenvalue weighted by molar-refractivity contribution is 5.94. The first-order valence-electron chi connectivity index (χ1n) is 7.21. The van der Waals surface area contributed by atoms with Crippen molar-refractivity contribution in [2.75, 3.05) is 33.2 Å². The van der Waals surface area contributed by atoms with Crippen LogP contribution in [-0.4, -0.2) is 53.9 Å². The Kier molecular flexibility index (Phi) is 3.41. The van der Waals surface area contributed by atoms with Gasteiger partial charge in [0.15, 0.2) is 0 Å². The number of nitro groups is 1. The highest BCUT2D eigenvalue weighted by Crippen LogP contribution is 2.39. The third kappa shape index (κ3) is 2.63. The van der Waals surface area contributed by atoms with Crippen LogP contribution in [0.3, 0.4) is 0 Å². The Morgan fingerprint density at radius 3 is 2.43 bits per heavy atom. The number of amides is 1. The number of rotatable bonds is 2. The van der Waals surface area contributed by atoms with Crippen molar-refractivity contribution in [3.05, 3.63) is 39.9 Å². The molecule has 0 aliphatic carbocycles. The van der Waals surface area contributed by atoms with Gasteiger partial charge in [-0.25, -0.2) is 0 Å². The summed E-state index contributed by atoms with van der Waals surface area (Å²) < 4.78 is 0. The predicted octanol–water partition coefficient (Wildman–Crippen LogP) is 1.76. The van der Waals surface area contributed by atoms with E-state index < -0.39 is 4.92 Å². The van der Waals surface area contributed by atoms with Gasteiger partial charge >= 0.3 is 0 Å². The van der Waals surface area contributed by atoms with Gasteiger partial charge in [-0.1, -0.05) is 0 Å². The van der Waals surface area contributed by atoms with Crippen LogP contribution in [0.25, 0.3) is 0 Å². The van der Waals surface area contributed by atoms with Crippen LogP contribution in [0.15, 0.2) is 24.3 Å². The number of non-ortho nitro benzene ring substituents is 1. The normalized spacial score (nSPS) is 25.7. The summed E-state index contributed by atoms with van der Waals surface area (Å²) in [5.41, 5.74) is 0.802. The smallest absolute Gasteiger partial charge is 0.269 e. The average Bonchev–Trinajstić information content (AvgIpc) is 3.05. The number of hydrogen-bond acceptors (Lipinski definition) is 4. The van der Waals surface area contributed by atoms with E-state index in [-0.39, 0.29) is 17.0 Å². The van der Waals surface area contributed by atoms with Crippen molar-refractivity contribution in [1.82, 2.24) is 9.80 Å². The maximum Gasteiger partial charge on any atom is 0.269 e. The Hall–Kier alpha value is -1.95. The summed E-state index contributed by atoms with van der Waals surface area (Å²) in [7, 11) is 2.12. The molecule has 2 aliphatic heterocycles. The lowest BCUT2D eigenvalue weighted by Crippen LogP contribution is -2.33. The molecule has 1 aromatic rings. The first kappa shape index (κ1) is 14.0. The second-order valence-corrected chi connectivity index (χ2v) is 6.27. The van der Waals surface area contributed by atoms with Gasteiger partial charge in [0.2, 0.25) is 0 Å². The first-order chi connectivity index (χ1) is 9.99. The number of hydrogen-bond donors (Lipinski definition) is 0. The molecule has 2 aliphatic rings. The molecule has 2 saturated heterocycles. The molecule has 1 aromatic carbocycles. The minimum absolute atomic E-state index is 0.0156. The van der Waals surface area contributed by atoms with Crippen LogP contribution in [0.4, 0.5) is 5.69 Å². The van der Waals surface area contributed by atoms with Gasteiger partial charge < -0.3 is 9.80 Å². The molecule has 3 rings (SSSR count). The molecule has 2 fully saturated rings. The minimum Gasteiger partial charge on any atom is -0.338 e. The molecule has 6 heteroatoms. The molecule has 0 saturated carbocycles. The van der Waals surface area contributed by atoms with Crippen LogP contribution in [0.5, 0.6) is 0 Å². The molecular weight excluding hydrogens is 270 g/mol. The van der Waals surface area contributed by atoms with E-state index >= 15 is 0 Å².